The van der Waals surface area contributed by atoms with Crippen LogP contribution in [0.2, 0.25) is 0 Å². The van der Waals surface area contributed by atoms with Crippen molar-refractivity contribution >= 4 is 27.5 Å². The van der Waals surface area contributed by atoms with Gasteiger partial charge in [0.15, 0.2) is 0 Å². The number of sulfonamides is 1. The van der Waals surface area contributed by atoms with Gasteiger partial charge in [-0.15, -0.1) is 0 Å². The van der Waals surface area contributed by atoms with E-state index in [1.165, 1.54) is 31.3 Å². The SMILES string of the molecule is CC[C@@H](C)NC(=O)[C@H](CC)N(Cc1ccc(C)cc1)C(=O)CN(c1ccccc1OC)S(=O)(=O)c1ccc(OC)cc1. The Morgan fingerprint density at radius 3 is 2.10 bits per heavy atom. The van der Waals surface area contributed by atoms with E-state index in [0.717, 1.165) is 21.9 Å². The third kappa shape index (κ3) is 7.82. The Balaban J connectivity index is 2.09. The Morgan fingerprint density at radius 1 is 0.881 bits per heavy atom. The van der Waals surface area contributed by atoms with Gasteiger partial charge in [0.05, 0.1) is 24.8 Å². The maximum atomic E-state index is 14.2. The van der Waals surface area contributed by atoms with Crippen molar-refractivity contribution in [2.75, 3.05) is 25.1 Å². The van der Waals surface area contributed by atoms with Gasteiger partial charge in [0.1, 0.15) is 24.1 Å². The van der Waals surface area contributed by atoms with E-state index in [2.05, 4.69) is 5.32 Å². The predicted molar refractivity (Wildman–Crippen MR) is 164 cm³/mol. The van der Waals surface area contributed by atoms with Crippen molar-refractivity contribution in [1.29, 1.82) is 0 Å². The molecule has 0 aliphatic rings. The van der Waals surface area contributed by atoms with Gasteiger partial charge < -0.3 is 19.7 Å². The first-order valence-electron chi connectivity index (χ1n) is 14.0. The van der Waals surface area contributed by atoms with E-state index in [0.29, 0.717) is 12.2 Å². The summed E-state index contributed by atoms with van der Waals surface area (Å²) in [5.74, 6) is -0.0239. The Hall–Kier alpha value is -4.05. The molecule has 0 bridgehead atoms. The summed E-state index contributed by atoms with van der Waals surface area (Å²) in [7, 11) is -1.31. The lowest BCUT2D eigenvalue weighted by Crippen LogP contribution is -2.53. The summed E-state index contributed by atoms with van der Waals surface area (Å²) in [6, 6.07) is 19.4. The number of carbonyl (C=O) groups excluding carboxylic acids is 2. The van der Waals surface area contributed by atoms with Gasteiger partial charge in [-0.25, -0.2) is 8.42 Å². The molecular formula is C32H41N3O6S. The van der Waals surface area contributed by atoms with E-state index in [4.69, 9.17) is 9.47 Å². The Kier molecular flexibility index (Phi) is 11.4. The van der Waals surface area contributed by atoms with E-state index < -0.39 is 28.5 Å². The molecule has 0 radical (unpaired) electrons. The van der Waals surface area contributed by atoms with Gasteiger partial charge >= 0.3 is 0 Å². The third-order valence-corrected chi connectivity index (χ3v) is 8.91. The van der Waals surface area contributed by atoms with Crippen molar-refractivity contribution in [2.24, 2.45) is 0 Å². The molecule has 1 N–H and O–H groups in total. The number of aryl methyl sites for hydroxylation is 1. The van der Waals surface area contributed by atoms with Crippen LogP contribution < -0.4 is 19.1 Å². The number of nitrogens with zero attached hydrogens (tertiary/aromatic N) is 2. The number of amides is 2. The average molecular weight is 596 g/mol. The summed E-state index contributed by atoms with van der Waals surface area (Å²) < 4.78 is 39.9. The fourth-order valence-corrected chi connectivity index (χ4v) is 5.90. The lowest BCUT2D eigenvalue weighted by atomic mass is 10.1. The second kappa shape index (κ2) is 14.7. The largest absolute Gasteiger partial charge is 0.497 e. The van der Waals surface area contributed by atoms with Crippen LogP contribution in [-0.4, -0.2) is 58.0 Å². The normalized spacial score (nSPS) is 12.6. The summed E-state index contributed by atoms with van der Waals surface area (Å²) in [4.78, 5) is 29.1. The fraction of sp³-hybridized carbons (Fsp3) is 0.375. The molecule has 2 atom stereocenters. The highest BCUT2D eigenvalue weighted by molar-refractivity contribution is 7.92. The highest BCUT2D eigenvalue weighted by Crippen LogP contribution is 2.33. The molecule has 0 aliphatic heterocycles. The van der Waals surface area contributed by atoms with Crippen molar-refractivity contribution in [2.45, 2.75) is 64.1 Å². The molecular weight excluding hydrogens is 554 g/mol. The van der Waals surface area contributed by atoms with E-state index in [1.54, 1.807) is 36.4 Å². The summed E-state index contributed by atoms with van der Waals surface area (Å²) in [6.07, 6.45) is 1.08. The molecule has 3 aromatic carbocycles. The topological polar surface area (TPSA) is 105 Å². The van der Waals surface area contributed by atoms with Crippen LogP contribution in [0.3, 0.4) is 0 Å². The van der Waals surface area contributed by atoms with Crippen LogP contribution in [0.1, 0.15) is 44.7 Å². The standard InChI is InChI=1S/C32H41N3O6S/c1-7-24(4)33-32(37)28(8-2)34(21-25-15-13-23(3)14-16-25)31(36)22-35(29-11-9-10-12-30(29)41-6)42(38,39)27-19-17-26(40-5)18-20-27/h9-20,24,28H,7-8,21-22H2,1-6H3,(H,33,37)/t24-,28+/m1/s1. The second-order valence-electron chi connectivity index (χ2n) is 10.1. The van der Waals surface area contributed by atoms with Crippen LogP contribution >= 0.6 is 0 Å². The molecule has 2 amide bonds. The lowest BCUT2D eigenvalue weighted by molar-refractivity contribution is -0.140. The van der Waals surface area contributed by atoms with Gasteiger partial charge in [0.25, 0.3) is 10.0 Å². The molecule has 42 heavy (non-hydrogen) atoms. The highest BCUT2D eigenvalue weighted by Gasteiger charge is 2.35. The van der Waals surface area contributed by atoms with E-state index in [9.17, 15) is 18.0 Å². The van der Waals surface area contributed by atoms with Crippen molar-refractivity contribution in [1.82, 2.24) is 10.2 Å². The third-order valence-electron chi connectivity index (χ3n) is 7.14. The van der Waals surface area contributed by atoms with Gasteiger partial charge in [0.2, 0.25) is 11.8 Å². The fourth-order valence-electron chi connectivity index (χ4n) is 4.47. The van der Waals surface area contributed by atoms with Crippen LogP contribution in [-0.2, 0) is 26.2 Å². The molecule has 0 saturated heterocycles. The van der Waals surface area contributed by atoms with Crippen LogP contribution in [0.4, 0.5) is 5.69 Å². The van der Waals surface area contributed by atoms with Crippen LogP contribution in [0, 0.1) is 6.92 Å². The quantitative estimate of drug-likeness (QED) is 0.283. The van der Waals surface area contributed by atoms with Gasteiger partial charge in [-0.2, -0.15) is 0 Å². The zero-order valence-electron chi connectivity index (χ0n) is 25.2. The molecule has 10 heteroatoms. The minimum Gasteiger partial charge on any atom is -0.497 e. The first kappa shape index (κ1) is 32.5. The number of ether oxygens (including phenoxy) is 2. The second-order valence-corrected chi connectivity index (χ2v) is 12.0. The molecule has 0 fully saturated rings. The molecule has 226 valence electrons. The van der Waals surface area contributed by atoms with Crippen molar-refractivity contribution in [3.8, 4) is 11.5 Å². The minimum atomic E-state index is -4.24. The Morgan fingerprint density at radius 2 is 1.52 bits per heavy atom. The van der Waals surface area contributed by atoms with Gasteiger partial charge in [-0.3, -0.25) is 13.9 Å². The number of para-hydroxylation sites is 2. The molecule has 3 aromatic rings. The number of anilines is 1. The zero-order chi connectivity index (χ0) is 30.9. The average Bonchev–Trinajstić information content (AvgIpc) is 3.00. The van der Waals surface area contributed by atoms with Crippen LogP contribution in [0.15, 0.2) is 77.7 Å². The number of methoxy groups -OCH3 is 2. The number of benzene rings is 3. The first-order valence-corrected chi connectivity index (χ1v) is 15.4. The summed E-state index contributed by atoms with van der Waals surface area (Å²) in [6.45, 7) is 7.26. The van der Waals surface area contributed by atoms with E-state index in [1.807, 2.05) is 52.0 Å². The Bertz CT molecular complexity index is 1440. The minimum absolute atomic E-state index is 0.0198. The number of hydrogen-bond donors (Lipinski definition) is 1. The molecule has 0 spiro atoms. The van der Waals surface area contributed by atoms with Crippen LogP contribution in [0.25, 0.3) is 0 Å². The number of rotatable bonds is 14. The molecule has 9 nitrogen and oxygen atoms in total. The molecule has 0 aromatic heterocycles. The lowest BCUT2D eigenvalue weighted by Gasteiger charge is -2.34. The number of carbonyl (C=O) groups is 2. The summed E-state index contributed by atoms with van der Waals surface area (Å²) in [5, 5.41) is 2.98. The summed E-state index contributed by atoms with van der Waals surface area (Å²) in [5.41, 5.74) is 2.09. The van der Waals surface area contributed by atoms with Gasteiger partial charge in [-0.1, -0.05) is 55.8 Å². The molecule has 0 aliphatic carbocycles. The molecule has 3 rings (SSSR count). The maximum Gasteiger partial charge on any atom is 0.264 e. The maximum absolute atomic E-state index is 14.2. The molecule has 0 unspecified atom stereocenters. The van der Waals surface area contributed by atoms with Crippen LogP contribution in [0.5, 0.6) is 11.5 Å². The van der Waals surface area contributed by atoms with Crippen molar-refractivity contribution < 1.29 is 27.5 Å². The highest BCUT2D eigenvalue weighted by atomic mass is 32.2. The Labute approximate surface area is 249 Å². The molecule has 0 saturated carbocycles. The predicted octanol–water partition coefficient (Wildman–Crippen LogP) is 4.93. The zero-order valence-corrected chi connectivity index (χ0v) is 26.0. The monoisotopic (exact) mass is 595 g/mol. The smallest absolute Gasteiger partial charge is 0.264 e. The first-order chi connectivity index (χ1) is 20.0. The number of nitrogens with one attached hydrogen (secondary N) is 1. The van der Waals surface area contributed by atoms with E-state index >= 15 is 0 Å². The van der Waals surface area contributed by atoms with Gasteiger partial charge in [-0.05, 0) is 68.7 Å². The summed E-state index contributed by atoms with van der Waals surface area (Å²) >= 11 is 0. The van der Waals surface area contributed by atoms with Gasteiger partial charge in [0, 0.05) is 12.6 Å². The molecule has 0 heterocycles. The van der Waals surface area contributed by atoms with Crippen molar-refractivity contribution in [3.63, 3.8) is 0 Å². The number of hydrogen-bond acceptors (Lipinski definition) is 6. The van der Waals surface area contributed by atoms with Crippen molar-refractivity contribution in [3.05, 3.63) is 83.9 Å². The van der Waals surface area contributed by atoms with E-state index in [-0.39, 0.29) is 34.8 Å².